The fourth-order valence-electron chi connectivity index (χ4n) is 3.66. The average molecular weight is 424 g/mol. The van der Waals surface area contributed by atoms with Gasteiger partial charge in [0.1, 0.15) is 5.75 Å². The Bertz CT molecular complexity index is 936. The highest BCUT2D eigenvalue weighted by atomic mass is 16.5. The van der Waals surface area contributed by atoms with Gasteiger partial charge >= 0.3 is 0 Å². The first-order valence-electron chi connectivity index (χ1n) is 10.6. The van der Waals surface area contributed by atoms with Crippen LogP contribution < -0.4 is 15.4 Å². The Morgan fingerprint density at radius 1 is 0.968 bits per heavy atom. The number of piperidine rings is 1. The zero-order valence-corrected chi connectivity index (χ0v) is 18.0. The first-order chi connectivity index (χ1) is 15.0. The highest BCUT2D eigenvalue weighted by Crippen LogP contribution is 2.18. The number of likely N-dealkylation sites (tertiary alicyclic amines) is 1. The second-order valence-electron chi connectivity index (χ2n) is 7.56. The van der Waals surface area contributed by atoms with Crippen LogP contribution in [-0.2, 0) is 4.79 Å². The van der Waals surface area contributed by atoms with Crippen LogP contribution in [0.3, 0.4) is 0 Å². The highest BCUT2D eigenvalue weighted by Gasteiger charge is 2.25. The number of aryl methyl sites for hydroxylation is 1. The first-order valence-corrected chi connectivity index (χ1v) is 10.6. The molecule has 7 heteroatoms. The molecule has 164 valence electrons. The van der Waals surface area contributed by atoms with E-state index >= 15 is 0 Å². The number of nitrogens with one attached hydrogen (secondary N) is 2. The predicted molar refractivity (Wildman–Crippen MR) is 118 cm³/mol. The molecular weight excluding hydrogens is 394 g/mol. The maximum absolute atomic E-state index is 12.5. The highest BCUT2D eigenvalue weighted by molar-refractivity contribution is 5.98. The van der Waals surface area contributed by atoms with Crippen LogP contribution in [0.2, 0.25) is 0 Å². The van der Waals surface area contributed by atoms with Crippen molar-refractivity contribution in [3.05, 3.63) is 65.2 Å². The van der Waals surface area contributed by atoms with E-state index in [1.54, 1.807) is 29.2 Å². The lowest BCUT2D eigenvalue weighted by Gasteiger charge is -2.32. The molecule has 0 radical (unpaired) electrons. The van der Waals surface area contributed by atoms with Crippen LogP contribution in [0, 0.1) is 6.92 Å². The lowest BCUT2D eigenvalue weighted by molar-refractivity contribution is -0.131. The number of rotatable bonds is 7. The molecule has 1 fully saturated rings. The summed E-state index contributed by atoms with van der Waals surface area (Å²) in [5.41, 5.74) is 2.03. The summed E-state index contributed by atoms with van der Waals surface area (Å²) in [4.78, 5) is 39.2. The van der Waals surface area contributed by atoms with Gasteiger partial charge in [-0.2, -0.15) is 0 Å². The fraction of sp³-hybridized carbons (Fsp3) is 0.375. The van der Waals surface area contributed by atoms with Crippen molar-refractivity contribution < 1.29 is 19.1 Å². The molecule has 0 aliphatic carbocycles. The van der Waals surface area contributed by atoms with E-state index in [0.717, 1.165) is 5.56 Å². The number of carbonyl (C=O) groups is 3. The zero-order valence-electron chi connectivity index (χ0n) is 18.0. The standard InChI is InChI=1S/C24H29N3O4/c1-3-31-21-11-7-6-10-20(21)23(29)25-16-22(28)27-14-12-18(13-15-27)26-24(30)19-9-5-4-8-17(19)2/h4-11,18H,3,12-16H2,1-2H3,(H,25,29)(H,26,30). The Hall–Kier alpha value is -3.35. The second kappa shape index (κ2) is 10.6. The third-order valence-corrected chi connectivity index (χ3v) is 5.40. The minimum absolute atomic E-state index is 0.0313. The topological polar surface area (TPSA) is 87.7 Å². The molecule has 1 heterocycles. The van der Waals surface area contributed by atoms with Crippen molar-refractivity contribution in [3.63, 3.8) is 0 Å². The van der Waals surface area contributed by atoms with E-state index in [-0.39, 0.29) is 30.3 Å². The van der Waals surface area contributed by atoms with E-state index in [4.69, 9.17) is 4.74 Å². The van der Waals surface area contributed by atoms with Gasteiger partial charge in [-0.1, -0.05) is 30.3 Å². The van der Waals surface area contributed by atoms with Crippen molar-refractivity contribution in [1.82, 2.24) is 15.5 Å². The molecule has 0 bridgehead atoms. The van der Waals surface area contributed by atoms with E-state index < -0.39 is 0 Å². The summed E-state index contributed by atoms with van der Waals surface area (Å²) in [5.74, 6) is -0.0491. The summed E-state index contributed by atoms with van der Waals surface area (Å²) < 4.78 is 5.47. The number of hydrogen-bond acceptors (Lipinski definition) is 4. The molecule has 0 atom stereocenters. The van der Waals surface area contributed by atoms with E-state index in [2.05, 4.69) is 10.6 Å². The van der Waals surface area contributed by atoms with Crippen LogP contribution >= 0.6 is 0 Å². The van der Waals surface area contributed by atoms with Crippen molar-refractivity contribution in [1.29, 1.82) is 0 Å². The number of carbonyl (C=O) groups excluding carboxylic acids is 3. The van der Waals surface area contributed by atoms with Gasteiger partial charge in [-0.3, -0.25) is 14.4 Å². The maximum atomic E-state index is 12.5. The van der Waals surface area contributed by atoms with E-state index in [1.807, 2.05) is 38.1 Å². The molecule has 1 saturated heterocycles. The number of ether oxygens (including phenoxy) is 1. The molecule has 2 aromatic rings. The maximum Gasteiger partial charge on any atom is 0.255 e. The Kier molecular flexibility index (Phi) is 7.65. The number of para-hydroxylation sites is 1. The zero-order chi connectivity index (χ0) is 22.2. The molecule has 7 nitrogen and oxygen atoms in total. The molecule has 0 aromatic heterocycles. The molecule has 0 spiro atoms. The van der Waals surface area contributed by atoms with Gasteiger partial charge in [-0.25, -0.2) is 0 Å². The summed E-state index contributed by atoms with van der Waals surface area (Å²) in [7, 11) is 0. The molecule has 1 aliphatic heterocycles. The lowest BCUT2D eigenvalue weighted by atomic mass is 10.0. The van der Waals surface area contributed by atoms with Crippen LogP contribution in [0.5, 0.6) is 5.75 Å². The van der Waals surface area contributed by atoms with Gasteiger partial charge in [0.15, 0.2) is 0 Å². The minimum atomic E-state index is -0.335. The Morgan fingerprint density at radius 3 is 2.29 bits per heavy atom. The SMILES string of the molecule is CCOc1ccccc1C(=O)NCC(=O)N1CCC(NC(=O)c2ccccc2C)CC1. The summed E-state index contributed by atoms with van der Waals surface area (Å²) in [6.45, 7) is 5.24. The second-order valence-corrected chi connectivity index (χ2v) is 7.56. The van der Waals surface area contributed by atoms with Crippen LogP contribution in [0.25, 0.3) is 0 Å². The van der Waals surface area contributed by atoms with Crippen LogP contribution in [-0.4, -0.2) is 54.9 Å². The minimum Gasteiger partial charge on any atom is -0.493 e. The third-order valence-electron chi connectivity index (χ3n) is 5.40. The Balaban J connectivity index is 1.46. The van der Waals surface area contributed by atoms with E-state index in [0.29, 0.717) is 49.4 Å². The largest absolute Gasteiger partial charge is 0.493 e. The molecule has 31 heavy (non-hydrogen) atoms. The molecule has 0 unspecified atom stereocenters. The van der Waals surface area contributed by atoms with Gasteiger partial charge in [0.05, 0.1) is 18.7 Å². The summed E-state index contributed by atoms with van der Waals surface area (Å²) >= 11 is 0. The average Bonchev–Trinajstić information content (AvgIpc) is 2.78. The number of nitrogens with zero attached hydrogens (tertiary/aromatic N) is 1. The number of amides is 3. The van der Waals surface area contributed by atoms with Gasteiger partial charge in [0, 0.05) is 24.7 Å². The monoisotopic (exact) mass is 423 g/mol. The van der Waals surface area contributed by atoms with Gasteiger partial charge < -0.3 is 20.3 Å². The van der Waals surface area contributed by atoms with Crippen LogP contribution in [0.4, 0.5) is 0 Å². The summed E-state index contributed by atoms with van der Waals surface area (Å²) in [6.07, 6.45) is 1.37. The molecule has 3 amide bonds. The van der Waals surface area contributed by atoms with Crippen molar-refractivity contribution in [3.8, 4) is 5.75 Å². The van der Waals surface area contributed by atoms with Crippen LogP contribution in [0.1, 0.15) is 46.0 Å². The van der Waals surface area contributed by atoms with Gasteiger partial charge in [-0.15, -0.1) is 0 Å². The summed E-state index contributed by atoms with van der Waals surface area (Å²) in [6, 6.07) is 14.5. The number of hydrogen-bond donors (Lipinski definition) is 2. The molecule has 0 saturated carbocycles. The van der Waals surface area contributed by atoms with Crippen molar-refractivity contribution in [2.24, 2.45) is 0 Å². The quantitative estimate of drug-likeness (QED) is 0.717. The fourth-order valence-corrected chi connectivity index (χ4v) is 3.66. The Labute approximate surface area is 182 Å². The number of benzene rings is 2. The molecule has 3 rings (SSSR count). The van der Waals surface area contributed by atoms with Gasteiger partial charge in [0.25, 0.3) is 11.8 Å². The third kappa shape index (κ3) is 5.84. The smallest absolute Gasteiger partial charge is 0.255 e. The molecule has 2 N–H and O–H groups in total. The van der Waals surface area contributed by atoms with E-state index in [9.17, 15) is 14.4 Å². The van der Waals surface area contributed by atoms with Gasteiger partial charge in [0.2, 0.25) is 5.91 Å². The molecule has 2 aromatic carbocycles. The summed E-state index contributed by atoms with van der Waals surface area (Å²) in [5, 5.41) is 5.75. The van der Waals surface area contributed by atoms with Crippen LogP contribution in [0.15, 0.2) is 48.5 Å². The predicted octanol–water partition coefficient (Wildman–Crippen LogP) is 2.54. The normalized spacial score (nSPS) is 14.1. The molecule has 1 aliphatic rings. The Morgan fingerprint density at radius 2 is 1.61 bits per heavy atom. The van der Waals surface area contributed by atoms with Crippen molar-refractivity contribution in [2.45, 2.75) is 32.7 Å². The molecular formula is C24H29N3O4. The van der Waals surface area contributed by atoms with Crippen molar-refractivity contribution >= 4 is 17.7 Å². The van der Waals surface area contributed by atoms with Gasteiger partial charge in [-0.05, 0) is 50.5 Å². The first kappa shape index (κ1) is 22.3. The van der Waals surface area contributed by atoms with E-state index in [1.165, 1.54) is 0 Å². The van der Waals surface area contributed by atoms with Crippen molar-refractivity contribution in [2.75, 3.05) is 26.2 Å². The lowest BCUT2D eigenvalue weighted by Crippen LogP contribution is -2.49.